The molecule has 4 rings (SSSR count). The normalized spacial score (nSPS) is 17.6. The van der Waals surface area contributed by atoms with Gasteiger partial charge in [-0.2, -0.15) is 0 Å². The molecule has 4 nitrogen and oxygen atoms in total. The molecule has 2 heterocycles. The Bertz CT molecular complexity index is 1080. The summed E-state index contributed by atoms with van der Waals surface area (Å²) < 4.78 is 6.72. The molecule has 1 aliphatic heterocycles. The zero-order valence-corrected chi connectivity index (χ0v) is 18.7. The van der Waals surface area contributed by atoms with E-state index in [1.165, 1.54) is 17.3 Å². The quantitative estimate of drug-likeness (QED) is 0.400. The SMILES string of the molecule is CCc1ccc(NC2NC(=O)/C(=C/c3ccc(-c4ccc(Br)c(Cl)c4)o3)S2)cc1. The smallest absolute Gasteiger partial charge is 0.260 e. The molecule has 1 atom stereocenters. The number of anilines is 1. The van der Waals surface area contributed by atoms with Crippen molar-refractivity contribution in [1.82, 2.24) is 5.32 Å². The number of thioether (sulfide) groups is 1. The second kappa shape index (κ2) is 8.69. The molecule has 1 saturated heterocycles. The van der Waals surface area contributed by atoms with Crippen molar-refractivity contribution in [2.24, 2.45) is 0 Å². The zero-order valence-electron chi connectivity index (χ0n) is 15.5. The molecule has 2 aromatic carbocycles. The first kappa shape index (κ1) is 20.1. The van der Waals surface area contributed by atoms with E-state index in [9.17, 15) is 4.79 Å². The third-order valence-electron chi connectivity index (χ3n) is 4.49. The molecule has 2 N–H and O–H groups in total. The lowest BCUT2D eigenvalue weighted by atomic mass is 10.1. The molecule has 0 aliphatic carbocycles. The number of carbonyl (C=O) groups excluding carboxylic acids is 1. The molecule has 0 spiro atoms. The van der Waals surface area contributed by atoms with Gasteiger partial charge >= 0.3 is 0 Å². The maximum Gasteiger partial charge on any atom is 0.260 e. The summed E-state index contributed by atoms with van der Waals surface area (Å²) in [6.07, 6.45) is 2.76. The van der Waals surface area contributed by atoms with Gasteiger partial charge in [0.25, 0.3) is 5.91 Å². The van der Waals surface area contributed by atoms with Crippen molar-refractivity contribution in [2.75, 3.05) is 5.32 Å². The van der Waals surface area contributed by atoms with E-state index in [1.54, 1.807) is 6.08 Å². The number of furan rings is 1. The Morgan fingerprint density at radius 3 is 2.72 bits per heavy atom. The van der Waals surface area contributed by atoms with Crippen LogP contribution in [0.1, 0.15) is 18.2 Å². The summed E-state index contributed by atoms with van der Waals surface area (Å²) in [6, 6.07) is 17.6. The van der Waals surface area contributed by atoms with E-state index >= 15 is 0 Å². The van der Waals surface area contributed by atoms with Crippen molar-refractivity contribution < 1.29 is 9.21 Å². The van der Waals surface area contributed by atoms with E-state index in [0.717, 1.165) is 22.1 Å². The highest BCUT2D eigenvalue weighted by molar-refractivity contribution is 9.10. The van der Waals surface area contributed by atoms with Gasteiger partial charge in [-0.25, -0.2) is 0 Å². The van der Waals surface area contributed by atoms with Crippen LogP contribution in [0.25, 0.3) is 17.4 Å². The van der Waals surface area contributed by atoms with Gasteiger partial charge in [0.15, 0.2) is 5.50 Å². The Morgan fingerprint density at radius 2 is 2.00 bits per heavy atom. The van der Waals surface area contributed by atoms with Crippen LogP contribution in [-0.4, -0.2) is 11.4 Å². The number of hydrogen-bond donors (Lipinski definition) is 2. The van der Waals surface area contributed by atoms with Crippen LogP contribution < -0.4 is 10.6 Å². The van der Waals surface area contributed by atoms with Gasteiger partial charge in [-0.3, -0.25) is 4.79 Å². The monoisotopic (exact) mass is 488 g/mol. The fourth-order valence-electron chi connectivity index (χ4n) is 2.92. The van der Waals surface area contributed by atoms with Crippen LogP contribution in [0.4, 0.5) is 5.69 Å². The predicted molar refractivity (Wildman–Crippen MR) is 124 cm³/mol. The lowest BCUT2D eigenvalue weighted by Crippen LogP contribution is -2.30. The minimum Gasteiger partial charge on any atom is -0.457 e. The lowest BCUT2D eigenvalue weighted by molar-refractivity contribution is -0.116. The summed E-state index contributed by atoms with van der Waals surface area (Å²) in [6.45, 7) is 2.12. The van der Waals surface area contributed by atoms with E-state index in [2.05, 4.69) is 45.6 Å². The Labute approximate surface area is 186 Å². The minimum atomic E-state index is -0.221. The third kappa shape index (κ3) is 4.71. The highest BCUT2D eigenvalue weighted by Crippen LogP contribution is 2.33. The average Bonchev–Trinajstić information content (AvgIpc) is 3.32. The van der Waals surface area contributed by atoms with E-state index < -0.39 is 0 Å². The summed E-state index contributed by atoms with van der Waals surface area (Å²) in [7, 11) is 0. The molecule has 0 radical (unpaired) electrons. The van der Waals surface area contributed by atoms with Crippen molar-refractivity contribution >= 4 is 57.0 Å². The molecule has 1 unspecified atom stereocenters. The third-order valence-corrected chi connectivity index (χ3v) is 6.76. The number of benzene rings is 2. The molecule has 1 amide bonds. The Morgan fingerprint density at radius 1 is 1.21 bits per heavy atom. The maximum atomic E-state index is 12.3. The minimum absolute atomic E-state index is 0.123. The molecular formula is C22H18BrClN2O2S. The summed E-state index contributed by atoms with van der Waals surface area (Å²) in [5, 5.41) is 6.87. The molecule has 0 saturated carbocycles. The van der Waals surface area contributed by atoms with E-state index in [-0.39, 0.29) is 11.4 Å². The highest BCUT2D eigenvalue weighted by Gasteiger charge is 2.27. The second-order valence-electron chi connectivity index (χ2n) is 6.51. The van der Waals surface area contributed by atoms with Gasteiger partial charge in [0, 0.05) is 21.8 Å². The summed E-state index contributed by atoms with van der Waals surface area (Å²) in [4.78, 5) is 12.9. The second-order valence-corrected chi connectivity index (χ2v) is 8.91. The average molecular weight is 490 g/mol. The number of aryl methyl sites for hydroxylation is 1. The van der Waals surface area contributed by atoms with Crippen LogP contribution in [0.2, 0.25) is 5.02 Å². The van der Waals surface area contributed by atoms with Crippen molar-refractivity contribution in [3.05, 3.63) is 80.3 Å². The maximum absolute atomic E-state index is 12.3. The Balaban J connectivity index is 1.46. The highest BCUT2D eigenvalue weighted by atomic mass is 79.9. The topological polar surface area (TPSA) is 54.3 Å². The molecule has 1 fully saturated rings. The molecule has 29 heavy (non-hydrogen) atoms. The van der Waals surface area contributed by atoms with Crippen molar-refractivity contribution in [2.45, 2.75) is 18.8 Å². The predicted octanol–water partition coefficient (Wildman–Crippen LogP) is 6.52. The summed E-state index contributed by atoms with van der Waals surface area (Å²) >= 11 is 11.0. The molecule has 1 aromatic heterocycles. The van der Waals surface area contributed by atoms with Gasteiger partial charge in [-0.15, -0.1) is 0 Å². The number of halogens is 2. The van der Waals surface area contributed by atoms with E-state index in [4.69, 9.17) is 16.0 Å². The van der Waals surface area contributed by atoms with Gasteiger partial charge in [-0.05, 0) is 64.3 Å². The first-order chi connectivity index (χ1) is 14.0. The Hall–Kier alpha value is -2.15. The van der Waals surface area contributed by atoms with Crippen LogP contribution in [0.3, 0.4) is 0 Å². The van der Waals surface area contributed by atoms with Crippen LogP contribution in [0.5, 0.6) is 0 Å². The lowest BCUT2D eigenvalue weighted by Gasteiger charge is -2.12. The number of hydrogen-bond acceptors (Lipinski definition) is 4. The fourth-order valence-corrected chi connectivity index (χ4v) is 4.31. The van der Waals surface area contributed by atoms with Crippen LogP contribution in [0, 0.1) is 0 Å². The molecule has 1 aliphatic rings. The number of carbonyl (C=O) groups is 1. The van der Waals surface area contributed by atoms with Crippen LogP contribution in [-0.2, 0) is 11.2 Å². The first-order valence-corrected chi connectivity index (χ1v) is 11.2. The summed E-state index contributed by atoms with van der Waals surface area (Å²) in [5.74, 6) is 1.19. The summed E-state index contributed by atoms with van der Waals surface area (Å²) in [5.41, 5.74) is 2.90. The molecule has 0 bridgehead atoms. The van der Waals surface area contributed by atoms with E-state index in [0.29, 0.717) is 21.4 Å². The van der Waals surface area contributed by atoms with Gasteiger partial charge < -0.3 is 15.1 Å². The van der Waals surface area contributed by atoms with Crippen LogP contribution in [0.15, 0.2) is 68.4 Å². The number of nitrogens with one attached hydrogen (secondary N) is 2. The van der Waals surface area contributed by atoms with Gasteiger partial charge in [0.2, 0.25) is 0 Å². The van der Waals surface area contributed by atoms with Crippen LogP contribution >= 0.6 is 39.3 Å². The molecule has 7 heteroatoms. The standard InChI is InChI=1S/C22H18BrClN2O2S/c1-2-13-3-6-15(7-4-13)25-22-26-21(27)20(29-22)12-16-8-10-19(28-16)14-5-9-17(23)18(24)11-14/h3-12,22,25H,2H2,1H3,(H,26,27)/b20-12-. The van der Waals surface area contributed by atoms with Gasteiger partial charge in [0.1, 0.15) is 11.5 Å². The Kier molecular flexibility index (Phi) is 6.04. The van der Waals surface area contributed by atoms with Crippen molar-refractivity contribution in [3.8, 4) is 11.3 Å². The molecule has 3 aromatic rings. The van der Waals surface area contributed by atoms with Crippen molar-refractivity contribution in [1.29, 1.82) is 0 Å². The fraction of sp³-hybridized carbons (Fsp3) is 0.136. The van der Waals surface area contributed by atoms with Crippen molar-refractivity contribution in [3.63, 3.8) is 0 Å². The zero-order chi connectivity index (χ0) is 20.4. The van der Waals surface area contributed by atoms with Gasteiger partial charge in [0.05, 0.1) is 9.93 Å². The first-order valence-electron chi connectivity index (χ1n) is 9.12. The number of rotatable bonds is 5. The molecule has 148 valence electrons. The van der Waals surface area contributed by atoms with Gasteiger partial charge in [-0.1, -0.05) is 48.5 Å². The molecular weight excluding hydrogens is 472 g/mol. The largest absolute Gasteiger partial charge is 0.457 e. The number of amides is 1. The van der Waals surface area contributed by atoms with E-state index in [1.807, 2.05) is 42.5 Å².